The highest BCUT2D eigenvalue weighted by Gasteiger charge is 2.34. The number of aliphatic carboxylic acids is 1. The van der Waals surface area contributed by atoms with Crippen LogP contribution in [0.4, 0.5) is 18.9 Å². The molecule has 1 amide bonds. The summed E-state index contributed by atoms with van der Waals surface area (Å²) >= 11 is 12.4. The van der Waals surface area contributed by atoms with Crippen molar-refractivity contribution in [1.82, 2.24) is 4.90 Å². The number of halogens is 5. The fourth-order valence-corrected chi connectivity index (χ4v) is 5.35. The minimum atomic E-state index is -4.77. The van der Waals surface area contributed by atoms with E-state index in [0.29, 0.717) is 17.7 Å². The van der Waals surface area contributed by atoms with Gasteiger partial charge < -0.3 is 14.6 Å². The second-order valence-electron chi connectivity index (χ2n) is 6.49. The summed E-state index contributed by atoms with van der Waals surface area (Å²) in [7, 11) is 0. The zero-order valence-electron chi connectivity index (χ0n) is 16.2. The molecule has 0 bridgehead atoms. The van der Waals surface area contributed by atoms with Crippen LogP contribution in [0.3, 0.4) is 0 Å². The summed E-state index contributed by atoms with van der Waals surface area (Å²) in [6, 6.07) is 4.85. The largest absolute Gasteiger partial charge is 0.548 e. The highest BCUT2D eigenvalue weighted by Crippen LogP contribution is 2.43. The molecule has 0 N–H and O–H groups in total. The molecule has 1 saturated heterocycles. The molecule has 0 spiro atoms. The summed E-state index contributed by atoms with van der Waals surface area (Å²) in [6.45, 7) is -0.686. The quantitative estimate of drug-likeness (QED) is 0.190. The minimum absolute atomic E-state index is 0.0320. The predicted molar refractivity (Wildman–Crippen MR) is 125 cm³/mol. The van der Waals surface area contributed by atoms with Crippen LogP contribution in [0.5, 0.6) is 11.5 Å². The van der Waals surface area contributed by atoms with Gasteiger partial charge >= 0.3 is 11.9 Å². The van der Waals surface area contributed by atoms with Crippen molar-refractivity contribution >= 4 is 83.8 Å². The van der Waals surface area contributed by atoms with Gasteiger partial charge in [0.2, 0.25) is 5.75 Å². The Morgan fingerprint density at radius 3 is 2.38 bits per heavy atom. The number of carboxylic acid groups (broad SMARTS) is 1. The van der Waals surface area contributed by atoms with Crippen LogP contribution in [0.15, 0.2) is 44.2 Å². The molecule has 34 heavy (non-hydrogen) atoms. The topological polar surface area (TPSA) is 113 Å². The van der Waals surface area contributed by atoms with Crippen molar-refractivity contribution in [3.63, 3.8) is 0 Å². The number of carboxylic acids is 1. The SMILES string of the molecule is O=C([O-])CN1C(=O)/C(=C\c2cc(Br)c(Oc3ccc(C(F)(F)F)cc3[N+](=O)[O-])c(Br)c2)SC1=S. The Kier molecular flexibility index (Phi) is 7.69. The predicted octanol–water partition coefficient (Wildman–Crippen LogP) is 4.88. The molecular formula is C19H8Br2F3N2O6S2-. The van der Waals surface area contributed by atoms with E-state index in [-0.39, 0.29) is 23.9 Å². The molecule has 1 aliphatic heterocycles. The second kappa shape index (κ2) is 10.0. The summed E-state index contributed by atoms with van der Waals surface area (Å²) in [4.78, 5) is 34.5. The summed E-state index contributed by atoms with van der Waals surface area (Å²) in [5.41, 5.74) is -1.63. The van der Waals surface area contributed by atoms with E-state index in [1.54, 1.807) is 0 Å². The highest BCUT2D eigenvalue weighted by atomic mass is 79.9. The molecular weight excluding hydrogens is 633 g/mol. The van der Waals surface area contributed by atoms with Crippen molar-refractivity contribution in [2.75, 3.05) is 6.54 Å². The summed E-state index contributed by atoms with van der Waals surface area (Å²) < 4.78 is 44.8. The number of hydrogen-bond donors (Lipinski definition) is 0. The van der Waals surface area contributed by atoms with E-state index in [9.17, 15) is 38.0 Å². The molecule has 178 valence electrons. The lowest BCUT2D eigenvalue weighted by Gasteiger charge is -2.14. The van der Waals surface area contributed by atoms with Gasteiger partial charge in [-0.15, -0.1) is 0 Å². The number of hydrogen-bond acceptors (Lipinski definition) is 8. The molecule has 2 aromatic carbocycles. The van der Waals surface area contributed by atoms with Gasteiger partial charge in [-0.1, -0.05) is 24.0 Å². The molecule has 0 unspecified atom stereocenters. The third-order valence-electron chi connectivity index (χ3n) is 4.17. The maximum absolute atomic E-state index is 12.9. The molecule has 0 atom stereocenters. The maximum Gasteiger partial charge on any atom is 0.416 e. The Balaban J connectivity index is 1.93. The minimum Gasteiger partial charge on any atom is -0.548 e. The van der Waals surface area contributed by atoms with Crippen molar-refractivity contribution < 1.29 is 37.5 Å². The van der Waals surface area contributed by atoms with Crippen molar-refractivity contribution in [1.29, 1.82) is 0 Å². The van der Waals surface area contributed by atoms with E-state index in [4.69, 9.17) is 17.0 Å². The molecule has 15 heteroatoms. The van der Waals surface area contributed by atoms with Gasteiger partial charge in [-0.3, -0.25) is 19.8 Å². The summed E-state index contributed by atoms with van der Waals surface area (Å²) in [6.07, 6.45) is -3.33. The number of alkyl halides is 3. The van der Waals surface area contributed by atoms with E-state index in [0.717, 1.165) is 22.7 Å². The molecule has 3 rings (SSSR count). The molecule has 2 aromatic rings. The zero-order chi connectivity index (χ0) is 25.4. The first kappa shape index (κ1) is 26.1. The third kappa shape index (κ3) is 5.76. The zero-order valence-corrected chi connectivity index (χ0v) is 21.0. The van der Waals surface area contributed by atoms with E-state index in [1.807, 2.05) is 0 Å². The average molecular weight is 641 g/mol. The van der Waals surface area contributed by atoms with Gasteiger partial charge in [-0.25, -0.2) is 0 Å². The van der Waals surface area contributed by atoms with Crippen LogP contribution in [0, 0.1) is 10.1 Å². The molecule has 1 fully saturated rings. The lowest BCUT2D eigenvalue weighted by atomic mass is 10.1. The van der Waals surface area contributed by atoms with Gasteiger partial charge in [0.25, 0.3) is 5.91 Å². The van der Waals surface area contributed by atoms with Crippen LogP contribution in [-0.4, -0.2) is 32.6 Å². The third-order valence-corrected chi connectivity index (χ3v) is 6.73. The summed E-state index contributed by atoms with van der Waals surface area (Å²) in [5.74, 6) is -2.48. The Hall–Kier alpha value is -2.49. The molecule has 1 aliphatic rings. The van der Waals surface area contributed by atoms with Crippen LogP contribution < -0.4 is 9.84 Å². The lowest BCUT2D eigenvalue weighted by molar-refractivity contribution is -0.385. The number of nitro benzene ring substituents is 1. The van der Waals surface area contributed by atoms with Gasteiger partial charge in [-0.05, 0) is 67.8 Å². The molecule has 0 radical (unpaired) electrons. The maximum atomic E-state index is 12.9. The highest BCUT2D eigenvalue weighted by molar-refractivity contribution is 9.11. The first-order valence-electron chi connectivity index (χ1n) is 8.75. The summed E-state index contributed by atoms with van der Waals surface area (Å²) in [5, 5.41) is 22.1. The van der Waals surface area contributed by atoms with E-state index < -0.39 is 46.5 Å². The Morgan fingerprint density at radius 2 is 1.85 bits per heavy atom. The van der Waals surface area contributed by atoms with Gasteiger partial charge in [0.1, 0.15) is 4.32 Å². The van der Waals surface area contributed by atoms with Gasteiger partial charge in [0.05, 0.1) is 36.9 Å². The van der Waals surface area contributed by atoms with Crippen LogP contribution in [0.25, 0.3) is 6.08 Å². The first-order valence-corrected chi connectivity index (χ1v) is 11.6. The number of carbonyl (C=O) groups excluding carboxylic acids is 2. The van der Waals surface area contributed by atoms with Gasteiger partial charge in [0.15, 0.2) is 5.75 Å². The van der Waals surface area contributed by atoms with Crippen LogP contribution in [0.2, 0.25) is 0 Å². The number of thioether (sulfide) groups is 1. The lowest BCUT2D eigenvalue weighted by Crippen LogP contribution is -2.40. The fourth-order valence-electron chi connectivity index (χ4n) is 2.71. The fraction of sp³-hybridized carbons (Fsp3) is 0.105. The number of rotatable bonds is 6. The Bertz CT molecular complexity index is 1250. The Labute approximate surface area is 215 Å². The number of amides is 1. The number of nitrogens with zero attached hydrogens (tertiary/aromatic N) is 2. The van der Waals surface area contributed by atoms with Crippen molar-refractivity contribution in [3.8, 4) is 11.5 Å². The smallest absolute Gasteiger partial charge is 0.416 e. The number of benzene rings is 2. The number of nitro groups is 1. The average Bonchev–Trinajstić information content (AvgIpc) is 2.96. The first-order chi connectivity index (χ1) is 15.8. The molecule has 0 saturated carbocycles. The normalized spacial score (nSPS) is 15.2. The molecule has 8 nitrogen and oxygen atoms in total. The van der Waals surface area contributed by atoms with Gasteiger partial charge in [-0.2, -0.15) is 13.2 Å². The van der Waals surface area contributed by atoms with Crippen molar-refractivity contribution in [3.05, 3.63) is 65.4 Å². The van der Waals surface area contributed by atoms with Crippen LogP contribution >= 0.6 is 55.8 Å². The van der Waals surface area contributed by atoms with Crippen LogP contribution in [0.1, 0.15) is 11.1 Å². The number of ether oxygens (including phenoxy) is 1. The second-order valence-corrected chi connectivity index (χ2v) is 9.88. The van der Waals surface area contributed by atoms with Crippen molar-refractivity contribution in [2.45, 2.75) is 6.18 Å². The van der Waals surface area contributed by atoms with Crippen LogP contribution in [-0.2, 0) is 15.8 Å². The van der Waals surface area contributed by atoms with E-state index >= 15 is 0 Å². The molecule has 1 heterocycles. The van der Waals surface area contributed by atoms with Crippen molar-refractivity contribution in [2.24, 2.45) is 0 Å². The number of thiocarbonyl (C=S) groups is 1. The standard InChI is InChI=1S/C19H9Br2F3N2O6S2/c20-10-3-8(5-14-17(29)25(7-15(27)28)18(33)34-14)4-11(21)16(10)32-13-2-1-9(19(22,23)24)6-12(13)26(30)31/h1-6H,7H2,(H,27,28)/p-1/b14-5+. The number of carbonyl (C=O) groups is 2. The van der Waals surface area contributed by atoms with Gasteiger partial charge in [0, 0.05) is 6.07 Å². The monoisotopic (exact) mass is 639 g/mol. The molecule has 0 aliphatic carbocycles. The Morgan fingerprint density at radius 1 is 1.24 bits per heavy atom. The van der Waals surface area contributed by atoms with E-state index in [2.05, 4.69) is 31.9 Å². The van der Waals surface area contributed by atoms with E-state index in [1.165, 1.54) is 18.2 Å². The molecule has 0 aromatic heterocycles.